The summed E-state index contributed by atoms with van der Waals surface area (Å²) in [6, 6.07) is -1.21. The highest BCUT2D eigenvalue weighted by Crippen LogP contribution is 2.67. The molecule has 0 amide bonds. The van der Waals surface area contributed by atoms with E-state index in [1.165, 1.54) is 25.0 Å². The number of carbonyl (C=O) groups excluding carboxylic acids is 4. The molecule has 8 aliphatic rings. The van der Waals surface area contributed by atoms with Crippen LogP contribution in [0.5, 0.6) is 0 Å². The largest absolute Gasteiger partial charge is 0.445 e. The molecule has 6 saturated carbocycles. The van der Waals surface area contributed by atoms with E-state index in [0.29, 0.717) is 61.2 Å². The van der Waals surface area contributed by atoms with Gasteiger partial charge < -0.3 is 9.47 Å². The SMILES string of the molecule is [2H]c1c([2H])c(C#C[C@]2(OC(C)=O)CC[C@H]3[C@@H]4CCC5=CC(=O)CC[C@@H]5[C@H]4CC[C@@]32C)c([2H])c([2H])c1C#C[C@]1(OC(C)=O)CC[C@H]2[C@@H]3CCC4=CC(=O)CC[C@@H]4[C@H]3CC[C@@]21C. The topological polar surface area (TPSA) is 86.7 Å². The van der Waals surface area contributed by atoms with Gasteiger partial charge in [0, 0.05) is 48.6 Å². The van der Waals surface area contributed by atoms with Crippen LogP contribution in [0.1, 0.15) is 147 Å². The first-order chi connectivity index (χ1) is 28.5. The van der Waals surface area contributed by atoms with Crippen LogP contribution < -0.4 is 0 Å². The molecule has 56 heavy (non-hydrogen) atoms. The molecule has 6 fully saturated rings. The predicted octanol–water partition coefficient (Wildman–Crippen LogP) is 9.28. The average Bonchev–Trinajstić information content (AvgIpc) is 3.65. The zero-order valence-corrected chi connectivity index (χ0v) is 33.5. The van der Waals surface area contributed by atoms with Crippen LogP contribution in [0.3, 0.4) is 0 Å². The molecular formula is C50H58O6. The summed E-state index contributed by atoms with van der Waals surface area (Å²) in [5.41, 5.74) is -0.728. The summed E-state index contributed by atoms with van der Waals surface area (Å²) in [6.07, 6.45) is 16.8. The van der Waals surface area contributed by atoms with E-state index in [0.717, 1.165) is 77.0 Å². The molecule has 8 aliphatic carbocycles. The van der Waals surface area contributed by atoms with Crippen LogP contribution in [0.4, 0.5) is 0 Å². The molecule has 294 valence electrons. The van der Waals surface area contributed by atoms with Gasteiger partial charge in [0.2, 0.25) is 0 Å². The van der Waals surface area contributed by atoms with Gasteiger partial charge in [-0.3, -0.25) is 19.2 Å². The Hall–Kier alpha value is -3.90. The first-order valence-electron chi connectivity index (χ1n) is 23.5. The number of ketones is 2. The van der Waals surface area contributed by atoms with Crippen LogP contribution in [0, 0.1) is 81.9 Å². The van der Waals surface area contributed by atoms with Crippen molar-refractivity contribution >= 4 is 23.5 Å². The highest BCUT2D eigenvalue weighted by molar-refractivity contribution is 5.91. The van der Waals surface area contributed by atoms with Crippen molar-refractivity contribution in [2.24, 2.45) is 58.2 Å². The molecule has 6 nitrogen and oxygen atoms in total. The summed E-state index contributed by atoms with van der Waals surface area (Å²) < 4.78 is 49.0. The number of rotatable bonds is 2. The highest BCUT2D eigenvalue weighted by atomic mass is 16.6. The number of allylic oxidation sites excluding steroid dienone is 2. The number of hydrogen-bond donors (Lipinski definition) is 0. The van der Waals surface area contributed by atoms with E-state index in [-0.39, 0.29) is 58.7 Å². The fourth-order valence-corrected chi connectivity index (χ4v) is 14.4. The van der Waals surface area contributed by atoms with E-state index >= 15 is 0 Å². The Bertz CT molecular complexity index is 2090. The summed E-state index contributed by atoms with van der Waals surface area (Å²) in [5.74, 6) is 15.5. The van der Waals surface area contributed by atoms with Crippen LogP contribution in [0.25, 0.3) is 0 Å². The van der Waals surface area contributed by atoms with Gasteiger partial charge in [-0.25, -0.2) is 0 Å². The number of ether oxygens (including phenoxy) is 2. The third-order valence-corrected chi connectivity index (χ3v) is 16.9. The van der Waals surface area contributed by atoms with Crippen molar-refractivity contribution in [3.63, 3.8) is 0 Å². The molecule has 0 radical (unpaired) electrons. The monoisotopic (exact) mass is 758 g/mol. The third-order valence-electron chi connectivity index (χ3n) is 16.9. The molecule has 9 rings (SSSR count). The molecule has 0 spiro atoms. The van der Waals surface area contributed by atoms with E-state index in [9.17, 15) is 19.2 Å². The Morgan fingerprint density at radius 3 is 1.39 bits per heavy atom. The first kappa shape index (κ1) is 33.1. The van der Waals surface area contributed by atoms with E-state index < -0.39 is 34.0 Å². The van der Waals surface area contributed by atoms with Gasteiger partial charge in [-0.05, 0) is 185 Å². The van der Waals surface area contributed by atoms with Gasteiger partial charge in [-0.2, -0.15) is 0 Å². The van der Waals surface area contributed by atoms with Crippen molar-refractivity contribution in [3.8, 4) is 23.7 Å². The maximum atomic E-state index is 12.8. The van der Waals surface area contributed by atoms with Gasteiger partial charge in [0.05, 0.1) is 5.48 Å². The van der Waals surface area contributed by atoms with Crippen LogP contribution in [0.2, 0.25) is 0 Å². The minimum absolute atomic E-state index is 0.0572. The molecule has 1 aromatic rings. The average molecular weight is 759 g/mol. The van der Waals surface area contributed by atoms with Crippen molar-refractivity contribution in [3.05, 3.63) is 58.6 Å². The lowest BCUT2D eigenvalue weighted by molar-refractivity contribution is -0.168. The lowest BCUT2D eigenvalue weighted by atomic mass is 9.50. The van der Waals surface area contributed by atoms with Crippen LogP contribution in [0.15, 0.2) is 47.5 Å². The molecule has 0 unspecified atom stereocenters. The highest BCUT2D eigenvalue weighted by Gasteiger charge is 2.66. The maximum Gasteiger partial charge on any atom is 0.304 e. The summed E-state index contributed by atoms with van der Waals surface area (Å²) in [7, 11) is 0. The lowest BCUT2D eigenvalue weighted by Crippen LogP contribution is -2.53. The zero-order valence-electron chi connectivity index (χ0n) is 37.5. The Balaban J connectivity index is 1.03. The molecule has 0 bridgehead atoms. The fourth-order valence-electron chi connectivity index (χ4n) is 14.4. The Labute approximate surface area is 339 Å². The maximum absolute atomic E-state index is 12.8. The molecule has 0 heterocycles. The quantitative estimate of drug-likeness (QED) is 0.221. The molecule has 12 atom stereocenters. The Morgan fingerprint density at radius 2 is 1.00 bits per heavy atom. The second kappa shape index (κ2) is 13.9. The molecule has 0 N–H and O–H groups in total. The van der Waals surface area contributed by atoms with E-state index in [4.69, 9.17) is 15.0 Å². The Morgan fingerprint density at radius 1 is 0.589 bits per heavy atom. The molecule has 0 aromatic heterocycles. The summed E-state index contributed by atoms with van der Waals surface area (Å²) in [6.45, 7) is 7.16. The Kier molecular flexibility index (Phi) is 8.21. The van der Waals surface area contributed by atoms with Crippen molar-refractivity contribution in [2.45, 2.75) is 142 Å². The number of carbonyl (C=O) groups is 4. The van der Waals surface area contributed by atoms with E-state index in [2.05, 4.69) is 37.5 Å². The van der Waals surface area contributed by atoms with Gasteiger partial charge in [0.15, 0.2) is 22.8 Å². The number of hydrogen-bond acceptors (Lipinski definition) is 6. The normalized spacial score (nSPS) is 42.9. The number of fused-ring (bicyclic) bond motifs is 10. The van der Waals surface area contributed by atoms with Crippen molar-refractivity contribution in [1.82, 2.24) is 0 Å². The molecular weight excluding hydrogens is 697 g/mol. The summed E-state index contributed by atoms with van der Waals surface area (Å²) in [5, 5.41) is 0. The smallest absolute Gasteiger partial charge is 0.304 e. The number of esters is 2. The van der Waals surface area contributed by atoms with Crippen molar-refractivity contribution < 1.29 is 34.1 Å². The van der Waals surface area contributed by atoms with Crippen molar-refractivity contribution in [2.75, 3.05) is 0 Å². The second-order valence-electron chi connectivity index (χ2n) is 19.2. The van der Waals surface area contributed by atoms with Crippen LogP contribution in [-0.4, -0.2) is 34.7 Å². The van der Waals surface area contributed by atoms with Crippen LogP contribution >= 0.6 is 0 Å². The first-order valence-corrected chi connectivity index (χ1v) is 21.5. The van der Waals surface area contributed by atoms with Gasteiger partial charge in [-0.1, -0.05) is 36.8 Å². The minimum atomic E-state index is -1.15. The predicted molar refractivity (Wildman–Crippen MR) is 213 cm³/mol. The van der Waals surface area contributed by atoms with E-state index in [1.54, 1.807) is 0 Å². The number of benzene rings is 1. The molecule has 0 aliphatic heterocycles. The van der Waals surface area contributed by atoms with E-state index in [1.807, 2.05) is 12.2 Å². The lowest BCUT2D eigenvalue weighted by Gasteiger charge is -2.55. The standard InChI is InChI=1S/C50H58O6/c1-31(51)55-49(27-21-45-43-13-9-35-29-37(53)11-15-39(35)41(43)19-23-47(45,49)3)25-17-33-5-7-34(8-6-33)18-26-50(56-32(2)52)28-22-46-44-14-10-36-30-38(54)12-16-40(36)42(44)20-24-48(46,50)4/h5-8,29-30,39-46H,9-16,19-24,27-28H2,1-4H3/t39-,40-,41+,42+,43+,44+,45-,46-,47-,48-,49-,50-/m0/s1/i5D,6D,7D,8D. The van der Waals surface area contributed by atoms with Gasteiger partial charge in [0.25, 0.3) is 0 Å². The van der Waals surface area contributed by atoms with Gasteiger partial charge in [-0.15, -0.1) is 0 Å². The summed E-state index contributed by atoms with van der Waals surface area (Å²) in [4.78, 5) is 50.1. The molecule has 0 saturated heterocycles. The fraction of sp³-hybridized carbons (Fsp3) is 0.640. The molecule has 1 aromatic carbocycles. The summed E-state index contributed by atoms with van der Waals surface area (Å²) >= 11 is 0. The van der Waals surface area contributed by atoms with Crippen LogP contribution in [-0.2, 0) is 28.7 Å². The van der Waals surface area contributed by atoms with Crippen molar-refractivity contribution in [1.29, 1.82) is 0 Å². The zero-order chi connectivity index (χ0) is 42.5. The molecule has 6 heteroatoms. The minimum Gasteiger partial charge on any atom is -0.445 e. The van der Waals surface area contributed by atoms with Gasteiger partial charge in [0.1, 0.15) is 0 Å². The third kappa shape index (κ3) is 5.98. The second-order valence-corrected chi connectivity index (χ2v) is 19.2. The van der Waals surface area contributed by atoms with Gasteiger partial charge >= 0.3 is 11.9 Å².